The Hall–Kier alpha value is -3.23. The molecule has 0 saturated carbocycles. The maximum atomic E-state index is 13.6. The SMILES string of the molecule is COc1c(C(=O)NCC2CCCO2)sc2c1c(=O)n(Cc1ccccn1)c1ccccc21. The van der Waals surface area contributed by atoms with Gasteiger partial charge in [-0.15, -0.1) is 11.3 Å². The largest absolute Gasteiger partial charge is 0.494 e. The number of carbonyl (C=O) groups excluding carboxylic acids is 1. The molecule has 1 N–H and O–H groups in total. The lowest BCUT2D eigenvalue weighted by molar-refractivity contribution is 0.0859. The quantitative estimate of drug-likeness (QED) is 0.487. The third kappa shape index (κ3) is 3.65. The van der Waals surface area contributed by atoms with Gasteiger partial charge in [0.15, 0.2) is 5.75 Å². The van der Waals surface area contributed by atoms with E-state index in [-0.39, 0.29) is 17.6 Å². The van der Waals surface area contributed by atoms with Crippen molar-refractivity contribution in [2.24, 2.45) is 0 Å². The molecule has 32 heavy (non-hydrogen) atoms. The molecule has 7 nitrogen and oxygen atoms in total. The predicted molar refractivity (Wildman–Crippen MR) is 125 cm³/mol. The van der Waals surface area contributed by atoms with Crippen LogP contribution in [-0.4, -0.2) is 41.8 Å². The first-order valence-corrected chi connectivity index (χ1v) is 11.4. The molecule has 4 aromatic rings. The molecule has 1 aliphatic heterocycles. The second-order valence-corrected chi connectivity index (χ2v) is 8.76. The van der Waals surface area contributed by atoms with Gasteiger partial charge in [-0.1, -0.05) is 24.3 Å². The Kier molecular flexibility index (Phi) is 5.63. The van der Waals surface area contributed by atoms with Crippen molar-refractivity contribution in [3.63, 3.8) is 0 Å². The summed E-state index contributed by atoms with van der Waals surface area (Å²) in [7, 11) is 1.50. The minimum atomic E-state index is -0.252. The maximum Gasteiger partial charge on any atom is 0.265 e. The minimum absolute atomic E-state index is 0.0377. The molecule has 1 saturated heterocycles. The predicted octanol–water partition coefficient (Wildman–Crippen LogP) is 3.58. The van der Waals surface area contributed by atoms with Gasteiger partial charge in [0, 0.05) is 24.7 Å². The summed E-state index contributed by atoms with van der Waals surface area (Å²) in [6.45, 7) is 1.51. The molecule has 0 spiro atoms. The number of pyridine rings is 2. The molecule has 5 rings (SSSR count). The number of carbonyl (C=O) groups is 1. The van der Waals surface area contributed by atoms with Crippen LogP contribution in [0.2, 0.25) is 0 Å². The van der Waals surface area contributed by atoms with Crippen LogP contribution in [0.5, 0.6) is 5.75 Å². The van der Waals surface area contributed by atoms with Crippen molar-refractivity contribution < 1.29 is 14.3 Å². The van der Waals surface area contributed by atoms with Crippen molar-refractivity contribution in [2.45, 2.75) is 25.5 Å². The highest BCUT2D eigenvalue weighted by Crippen LogP contribution is 2.39. The molecular formula is C24H23N3O4S. The number of nitrogens with one attached hydrogen (secondary N) is 1. The molecule has 0 aliphatic carbocycles. The molecular weight excluding hydrogens is 426 g/mol. The molecule has 1 unspecified atom stereocenters. The highest BCUT2D eigenvalue weighted by molar-refractivity contribution is 7.22. The van der Waals surface area contributed by atoms with Gasteiger partial charge < -0.3 is 19.4 Å². The van der Waals surface area contributed by atoms with Gasteiger partial charge in [-0.2, -0.15) is 0 Å². The van der Waals surface area contributed by atoms with Gasteiger partial charge in [0.05, 0.1) is 35.7 Å². The number of hydrogen-bond donors (Lipinski definition) is 1. The van der Waals surface area contributed by atoms with Crippen LogP contribution in [0.3, 0.4) is 0 Å². The molecule has 3 aromatic heterocycles. The zero-order chi connectivity index (χ0) is 22.1. The average Bonchev–Trinajstić information content (AvgIpc) is 3.49. The Morgan fingerprint density at radius 3 is 2.88 bits per heavy atom. The number of methoxy groups -OCH3 is 1. The van der Waals surface area contributed by atoms with Crippen LogP contribution in [0.4, 0.5) is 0 Å². The topological polar surface area (TPSA) is 82.5 Å². The van der Waals surface area contributed by atoms with E-state index in [1.807, 2.05) is 42.5 Å². The minimum Gasteiger partial charge on any atom is -0.494 e. The number of fused-ring (bicyclic) bond motifs is 3. The van der Waals surface area contributed by atoms with E-state index in [0.717, 1.165) is 40.7 Å². The lowest BCUT2D eigenvalue weighted by Gasteiger charge is -2.12. The number of aromatic nitrogens is 2. The van der Waals surface area contributed by atoms with Crippen LogP contribution in [0.25, 0.3) is 21.0 Å². The van der Waals surface area contributed by atoms with Gasteiger partial charge in [-0.05, 0) is 31.0 Å². The normalized spacial score (nSPS) is 16.0. The number of para-hydroxylation sites is 1. The van der Waals surface area contributed by atoms with Gasteiger partial charge in [0.2, 0.25) is 0 Å². The van der Waals surface area contributed by atoms with E-state index < -0.39 is 0 Å². The van der Waals surface area contributed by atoms with Crippen molar-refractivity contribution in [3.05, 3.63) is 69.6 Å². The smallest absolute Gasteiger partial charge is 0.265 e. The maximum absolute atomic E-state index is 13.6. The summed E-state index contributed by atoms with van der Waals surface area (Å²) in [5.74, 6) is 0.0682. The molecule has 8 heteroatoms. The van der Waals surface area contributed by atoms with E-state index in [1.165, 1.54) is 18.4 Å². The van der Waals surface area contributed by atoms with Crippen molar-refractivity contribution in [2.75, 3.05) is 20.3 Å². The second-order valence-electron chi connectivity index (χ2n) is 7.74. The fraction of sp³-hybridized carbons (Fsp3) is 0.292. The summed E-state index contributed by atoms with van der Waals surface area (Å²) in [4.78, 5) is 31.4. The molecule has 0 bridgehead atoms. The Balaban J connectivity index is 1.64. The highest BCUT2D eigenvalue weighted by atomic mass is 32.1. The Morgan fingerprint density at radius 1 is 1.28 bits per heavy atom. The number of rotatable bonds is 6. The van der Waals surface area contributed by atoms with Crippen molar-refractivity contribution >= 4 is 38.2 Å². The van der Waals surface area contributed by atoms with Gasteiger partial charge in [-0.25, -0.2) is 0 Å². The number of benzene rings is 1. The standard InChI is InChI=1S/C24H23N3O4S/c1-30-20-19-21(32-22(20)23(28)26-13-16-8-6-12-31-16)17-9-2-3-10-18(17)27(24(19)29)14-15-7-4-5-11-25-15/h2-5,7,9-11,16H,6,8,12-14H2,1H3,(H,26,28). The Labute approximate surface area is 188 Å². The average molecular weight is 450 g/mol. The zero-order valence-corrected chi connectivity index (χ0v) is 18.5. The van der Waals surface area contributed by atoms with Crippen LogP contribution in [0.1, 0.15) is 28.2 Å². The molecule has 1 atom stereocenters. The van der Waals surface area contributed by atoms with E-state index in [2.05, 4.69) is 10.3 Å². The van der Waals surface area contributed by atoms with Crippen molar-refractivity contribution in [1.82, 2.24) is 14.9 Å². The summed E-state index contributed by atoms with van der Waals surface area (Å²) in [5, 5.41) is 4.27. The lowest BCUT2D eigenvalue weighted by atomic mass is 10.1. The monoisotopic (exact) mass is 449 g/mol. The highest BCUT2D eigenvalue weighted by Gasteiger charge is 2.26. The number of hydrogen-bond acceptors (Lipinski definition) is 6. The lowest BCUT2D eigenvalue weighted by Crippen LogP contribution is -2.31. The summed E-state index contributed by atoms with van der Waals surface area (Å²) in [5.41, 5.74) is 1.38. The van der Waals surface area contributed by atoms with Crippen molar-refractivity contribution in [3.8, 4) is 5.75 Å². The van der Waals surface area contributed by atoms with E-state index in [9.17, 15) is 9.59 Å². The molecule has 4 heterocycles. The third-order valence-electron chi connectivity index (χ3n) is 5.73. The van der Waals surface area contributed by atoms with Gasteiger partial charge in [0.25, 0.3) is 11.5 Å². The van der Waals surface area contributed by atoms with E-state index in [4.69, 9.17) is 9.47 Å². The summed E-state index contributed by atoms with van der Waals surface area (Å²) in [6, 6.07) is 13.4. The molecule has 1 amide bonds. The van der Waals surface area contributed by atoms with E-state index >= 15 is 0 Å². The van der Waals surface area contributed by atoms with Crippen molar-refractivity contribution in [1.29, 1.82) is 0 Å². The Bertz CT molecular complexity index is 1340. The molecule has 0 radical (unpaired) electrons. The second kappa shape index (κ2) is 8.72. The fourth-order valence-electron chi connectivity index (χ4n) is 4.19. The van der Waals surface area contributed by atoms with Gasteiger partial charge in [0.1, 0.15) is 10.3 Å². The number of amides is 1. The fourth-order valence-corrected chi connectivity index (χ4v) is 5.40. The molecule has 1 fully saturated rings. The third-order valence-corrected chi connectivity index (χ3v) is 6.94. The van der Waals surface area contributed by atoms with Crippen LogP contribution in [-0.2, 0) is 11.3 Å². The van der Waals surface area contributed by atoms with E-state index in [0.29, 0.717) is 29.1 Å². The number of ether oxygens (including phenoxy) is 2. The first-order chi connectivity index (χ1) is 15.7. The summed E-state index contributed by atoms with van der Waals surface area (Å²) in [6.07, 6.45) is 3.69. The van der Waals surface area contributed by atoms with E-state index in [1.54, 1.807) is 10.8 Å². The molecule has 1 aliphatic rings. The Morgan fingerprint density at radius 2 is 2.12 bits per heavy atom. The molecule has 1 aromatic carbocycles. The van der Waals surface area contributed by atoms with Crippen LogP contribution < -0.4 is 15.6 Å². The zero-order valence-electron chi connectivity index (χ0n) is 17.7. The molecule has 164 valence electrons. The first kappa shape index (κ1) is 20.7. The summed E-state index contributed by atoms with van der Waals surface area (Å²) < 4.78 is 13.7. The summed E-state index contributed by atoms with van der Waals surface area (Å²) >= 11 is 1.29. The van der Waals surface area contributed by atoms with Crippen LogP contribution in [0.15, 0.2) is 53.5 Å². The number of nitrogens with zero attached hydrogens (tertiary/aromatic N) is 2. The van der Waals surface area contributed by atoms with Gasteiger partial charge in [-0.3, -0.25) is 14.6 Å². The first-order valence-electron chi connectivity index (χ1n) is 10.6. The number of thiophene rings is 1. The van der Waals surface area contributed by atoms with Crippen LogP contribution >= 0.6 is 11.3 Å². The van der Waals surface area contributed by atoms with Crippen LogP contribution in [0, 0.1) is 0 Å². The van der Waals surface area contributed by atoms with Gasteiger partial charge >= 0.3 is 0 Å².